The van der Waals surface area contributed by atoms with Gasteiger partial charge >= 0.3 is 0 Å². The van der Waals surface area contributed by atoms with Crippen LogP contribution in [0.25, 0.3) is 11.1 Å². The quantitative estimate of drug-likeness (QED) is 0.651. The minimum Gasteiger partial charge on any atom is -0.462 e. The van der Waals surface area contributed by atoms with Crippen molar-refractivity contribution in [3.8, 4) is 0 Å². The topological polar surface area (TPSA) is 26.0 Å². The summed E-state index contributed by atoms with van der Waals surface area (Å²) in [5.74, 6) is 0. The lowest BCUT2D eigenvalue weighted by Gasteiger charge is -2.15. The first-order valence-electron chi connectivity index (χ1n) is 5.25. The van der Waals surface area contributed by atoms with Crippen molar-refractivity contribution in [3.05, 3.63) is 29.2 Å². The lowest BCUT2D eigenvalue weighted by atomic mass is 9.88. The summed E-state index contributed by atoms with van der Waals surface area (Å²) in [6.07, 6.45) is 1.83. The molecule has 2 aromatic rings. The maximum atomic E-state index is 5.55. The standard InChI is InChI=1S/C13H17NO/c1-8-6-11-12(14-9(8)2)10(7-15-11)13(3,4)5/h6-7H,1-5H3. The van der Waals surface area contributed by atoms with Crippen LogP contribution in [0, 0.1) is 13.8 Å². The maximum absolute atomic E-state index is 5.55. The van der Waals surface area contributed by atoms with Crippen LogP contribution in [0.4, 0.5) is 0 Å². The highest BCUT2D eigenvalue weighted by molar-refractivity contribution is 5.78. The smallest absolute Gasteiger partial charge is 0.152 e. The number of pyridine rings is 1. The number of aryl methyl sites for hydroxylation is 2. The molecule has 80 valence electrons. The SMILES string of the molecule is Cc1cc2occ(C(C)(C)C)c2nc1C. The molecule has 2 rings (SSSR count). The van der Waals surface area contributed by atoms with E-state index in [9.17, 15) is 0 Å². The molecule has 0 fully saturated rings. The van der Waals surface area contributed by atoms with E-state index >= 15 is 0 Å². The third kappa shape index (κ3) is 1.65. The van der Waals surface area contributed by atoms with Gasteiger partial charge in [-0.1, -0.05) is 20.8 Å². The summed E-state index contributed by atoms with van der Waals surface area (Å²) in [7, 11) is 0. The van der Waals surface area contributed by atoms with E-state index in [1.54, 1.807) is 0 Å². The largest absolute Gasteiger partial charge is 0.462 e. The second-order valence-electron chi connectivity index (χ2n) is 5.14. The van der Waals surface area contributed by atoms with Crippen molar-refractivity contribution >= 4 is 11.1 Å². The lowest BCUT2D eigenvalue weighted by Crippen LogP contribution is -2.10. The summed E-state index contributed by atoms with van der Waals surface area (Å²) >= 11 is 0. The molecule has 2 heteroatoms. The molecule has 0 saturated heterocycles. The number of hydrogen-bond acceptors (Lipinski definition) is 2. The first-order valence-corrected chi connectivity index (χ1v) is 5.25. The zero-order valence-electron chi connectivity index (χ0n) is 10.0. The number of rotatable bonds is 0. The highest BCUT2D eigenvalue weighted by atomic mass is 16.3. The van der Waals surface area contributed by atoms with Gasteiger partial charge < -0.3 is 4.42 Å². The van der Waals surface area contributed by atoms with Crippen LogP contribution in [0.1, 0.15) is 37.6 Å². The number of nitrogens with zero attached hydrogens (tertiary/aromatic N) is 1. The number of furan rings is 1. The third-order valence-corrected chi connectivity index (χ3v) is 2.80. The second kappa shape index (κ2) is 3.09. The van der Waals surface area contributed by atoms with Gasteiger partial charge in [0.25, 0.3) is 0 Å². The van der Waals surface area contributed by atoms with Gasteiger partial charge in [-0.2, -0.15) is 0 Å². The summed E-state index contributed by atoms with van der Waals surface area (Å²) in [5, 5.41) is 0. The number of aromatic nitrogens is 1. The first kappa shape index (κ1) is 10.2. The molecule has 0 atom stereocenters. The summed E-state index contributed by atoms with van der Waals surface area (Å²) in [6.45, 7) is 10.6. The Morgan fingerprint density at radius 3 is 2.47 bits per heavy atom. The van der Waals surface area contributed by atoms with Crippen molar-refractivity contribution in [2.75, 3.05) is 0 Å². The average molecular weight is 203 g/mol. The third-order valence-electron chi connectivity index (χ3n) is 2.80. The summed E-state index contributed by atoms with van der Waals surface area (Å²) in [4.78, 5) is 4.61. The molecule has 0 N–H and O–H groups in total. The highest BCUT2D eigenvalue weighted by Crippen LogP contribution is 2.31. The van der Waals surface area contributed by atoms with Crippen LogP contribution in [0.15, 0.2) is 16.7 Å². The minimum atomic E-state index is 0.0833. The molecule has 0 aliphatic rings. The van der Waals surface area contributed by atoms with Gasteiger partial charge in [0.15, 0.2) is 5.58 Å². The van der Waals surface area contributed by atoms with Gasteiger partial charge in [-0.15, -0.1) is 0 Å². The van der Waals surface area contributed by atoms with Crippen molar-refractivity contribution in [3.63, 3.8) is 0 Å². The zero-order valence-corrected chi connectivity index (χ0v) is 10.0. The molecule has 0 radical (unpaired) electrons. The molecule has 0 aromatic carbocycles. The molecule has 2 heterocycles. The predicted molar refractivity (Wildman–Crippen MR) is 62.2 cm³/mol. The Morgan fingerprint density at radius 2 is 1.87 bits per heavy atom. The molecule has 15 heavy (non-hydrogen) atoms. The van der Waals surface area contributed by atoms with Crippen LogP contribution in [0.5, 0.6) is 0 Å². The zero-order chi connectivity index (χ0) is 11.2. The minimum absolute atomic E-state index is 0.0833. The van der Waals surface area contributed by atoms with Gasteiger partial charge in [0, 0.05) is 11.3 Å². The Morgan fingerprint density at radius 1 is 1.20 bits per heavy atom. The Balaban J connectivity index is 2.75. The lowest BCUT2D eigenvalue weighted by molar-refractivity contribution is 0.557. The van der Waals surface area contributed by atoms with Crippen LogP contribution >= 0.6 is 0 Å². The summed E-state index contributed by atoms with van der Waals surface area (Å²) in [6, 6.07) is 2.06. The molecule has 0 aliphatic carbocycles. The van der Waals surface area contributed by atoms with Gasteiger partial charge in [-0.25, -0.2) is 4.98 Å². The molecule has 0 saturated carbocycles. The van der Waals surface area contributed by atoms with Crippen LogP contribution < -0.4 is 0 Å². The van der Waals surface area contributed by atoms with Crippen LogP contribution in [-0.4, -0.2) is 4.98 Å². The normalized spacial score (nSPS) is 12.3. The first-order chi connectivity index (χ1) is 6.89. The molecule has 2 aromatic heterocycles. The van der Waals surface area contributed by atoms with E-state index in [2.05, 4.69) is 38.7 Å². The van der Waals surface area contributed by atoms with Crippen molar-refractivity contribution in [2.45, 2.75) is 40.0 Å². The van der Waals surface area contributed by atoms with E-state index in [1.165, 1.54) is 11.1 Å². The molecular weight excluding hydrogens is 186 g/mol. The Hall–Kier alpha value is -1.31. The van der Waals surface area contributed by atoms with Gasteiger partial charge in [0.2, 0.25) is 0 Å². The molecule has 0 unspecified atom stereocenters. The molecule has 0 spiro atoms. The monoisotopic (exact) mass is 203 g/mol. The van der Waals surface area contributed by atoms with Crippen molar-refractivity contribution in [1.82, 2.24) is 4.98 Å². The van der Waals surface area contributed by atoms with Gasteiger partial charge in [-0.3, -0.25) is 0 Å². The van der Waals surface area contributed by atoms with Gasteiger partial charge in [0.1, 0.15) is 5.52 Å². The summed E-state index contributed by atoms with van der Waals surface area (Å²) < 4.78 is 5.55. The average Bonchev–Trinajstić information content (AvgIpc) is 2.47. The van der Waals surface area contributed by atoms with Crippen LogP contribution in [0.3, 0.4) is 0 Å². The fourth-order valence-electron chi connectivity index (χ4n) is 1.67. The Bertz CT molecular complexity index is 503. The van der Waals surface area contributed by atoms with E-state index < -0.39 is 0 Å². The van der Waals surface area contributed by atoms with Crippen molar-refractivity contribution in [1.29, 1.82) is 0 Å². The molecule has 0 bridgehead atoms. The number of hydrogen-bond donors (Lipinski definition) is 0. The highest BCUT2D eigenvalue weighted by Gasteiger charge is 2.20. The number of fused-ring (bicyclic) bond motifs is 1. The van der Waals surface area contributed by atoms with Gasteiger partial charge in [0.05, 0.1) is 6.26 Å². The molecule has 0 aliphatic heterocycles. The van der Waals surface area contributed by atoms with E-state index in [0.29, 0.717) is 0 Å². The van der Waals surface area contributed by atoms with Crippen LogP contribution in [-0.2, 0) is 5.41 Å². The predicted octanol–water partition coefficient (Wildman–Crippen LogP) is 3.74. The Kier molecular flexibility index (Phi) is 2.10. The van der Waals surface area contributed by atoms with Crippen molar-refractivity contribution in [2.24, 2.45) is 0 Å². The van der Waals surface area contributed by atoms with Crippen LogP contribution in [0.2, 0.25) is 0 Å². The fourth-order valence-corrected chi connectivity index (χ4v) is 1.67. The van der Waals surface area contributed by atoms with E-state index in [-0.39, 0.29) is 5.41 Å². The molecule has 0 amide bonds. The van der Waals surface area contributed by atoms with E-state index in [1.807, 2.05) is 13.2 Å². The van der Waals surface area contributed by atoms with Crippen molar-refractivity contribution < 1.29 is 4.42 Å². The molecular formula is C13H17NO. The fraction of sp³-hybridized carbons (Fsp3) is 0.462. The Labute approximate surface area is 90.3 Å². The van der Waals surface area contributed by atoms with E-state index in [0.717, 1.165) is 16.8 Å². The van der Waals surface area contributed by atoms with E-state index in [4.69, 9.17) is 4.42 Å². The summed E-state index contributed by atoms with van der Waals surface area (Å²) in [5.41, 5.74) is 5.42. The van der Waals surface area contributed by atoms with Gasteiger partial charge in [-0.05, 0) is 30.9 Å². The maximum Gasteiger partial charge on any atom is 0.152 e. The molecule has 2 nitrogen and oxygen atoms in total. The second-order valence-corrected chi connectivity index (χ2v) is 5.14.